The second-order valence-corrected chi connectivity index (χ2v) is 6.49. The second-order valence-electron chi connectivity index (χ2n) is 6.49. The van der Waals surface area contributed by atoms with Gasteiger partial charge in [-0.05, 0) is 31.5 Å². The number of ether oxygens (including phenoxy) is 1. The smallest absolute Gasteiger partial charge is 0.338 e. The van der Waals surface area contributed by atoms with Gasteiger partial charge < -0.3 is 14.7 Å². The van der Waals surface area contributed by atoms with Crippen LogP contribution in [-0.4, -0.2) is 24.1 Å². The number of carbonyl (C=O) groups is 2. The Hall–Kier alpha value is -3.08. The quantitative estimate of drug-likeness (QED) is 0.857. The van der Waals surface area contributed by atoms with Crippen LogP contribution in [0.3, 0.4) is 0 Å². The molecule has 0 spiro atoms. The number of hydrogen-bond donors (Lipinski definition) is 1. The van der Waals surface area contributed by atoms with E-state index in [-0.39, 0.29) is 23.7 Å². The summed E-state index contributed by atoms with van der Waals surface area (Å²) in [6, 6.07) is 13.2. The van der Waals surface area contributed by atoms with Crippen LogP contribution >= 0.6 is 0 Å². The largest absolute Gasteiger partial charge is 0.507 e. The maximum atomic E-state index is 12.9. The van der Waals surface area contributed by atoms with Crippen molar-refractivity contribution in [2.24, 2.45) is 0 Å². The fourth-order valence-corrected chi connectivity index (χ4v) is 3.34. The molecular weight excluding hydrogens is 330 g/mol. The molecule has 0 aliphatic carbocycles. The number of carbonyl (C=O) groups excluding carboxylic acids is 2. The van der Waals surface area contributed by atoms with Crippen molar-refractivity contribution in [2.45, 2.75) is 26.8 Å². The van der Waals surface area contributed by atoms with Gasteiger partial charge in [0.25, 0.3) is 0 Å². The highest BCUT2D eigenvalue weighted by atomic mass is 16.5. The van der Waals surface area contributed by atoms with Gasteiger partial charge in [-0.15, -0.1) is 0 Å². The van der Waals surface area contributed by atoms with Crippen molar-refractivity contribution in [3.8, 4) is 0 Å². The molecule has 2 aromatic carbocycles. The van der Waals surface area contributed by atoms with Gasteiger partial charge in [-0.3, -0.25) is 4.79 Å². The van der Waals surface area contributed by atoms with Crippen LogP contribution in [0.2, 0.25) is 0 Å². The number of hydrogen-bond acceptors (Lipinski definition) is 4. The SMILES string of the molecule is COC(=O)C1=C(O)c2ccccc2N(Cc2cc(C)cc(C)c2)C(=O)C1. The molecule has 1 heterocycles. The lowest BCUT2D eigenvalue weighted by Crippen LogP contribution is -2.30. The van der Waals surface area contributed by atoms with Crippen molar-refractivity contribution in [2.75, 3.05) is 12.0 Å². The third-order valence-corrected chi connectivity index (χ3v) is 4.42. The van der Waals surface area contributed by atoms with Crippen LogP contribution in [-0.2, 0) is 20.9 Å². The van der Waals surface area contributed by atoms with Crippen molar-refractivity contribution < 1.29 is 19.4 Å². The van der Waals surface area contributed by atoms with E-state index in [1.807, 2.05) is 26.0 Å². The highest BCUT2D eigenvalue weighted by Crippen LogP contribution is 2.34. The number of amides is 1. The third-order valence-electron chi connectivity index (χ3n) is 4.42. The zero-order valence-corrected chi connectivity index (χ0v) is 15.1. The summed E-state index contributed by atoms with van der Waals surface area (Å²) in [4.78, 5) is 26.5. The minimum atomic E-state index is -0.695. The first-order chi connectivity index (χ1) is 12.4. The van der Waals surface area contributed by atoms with E-state index in [4.69, 9.17) is 4.74 Å². The molecule has 0 aromatic heterocycles. The monoisotopic (exact) mass is 351 g/mol. The number of fused-ring (bicyclic) bond motifs is 1. The zero-order valence-electron chi connectivity index (χ0n) is 15.1. The Bertz CT molecular complexity index is 894. The summed E-state index contributed by atoms with van der Waals surface area (Å²) in [5, 5.41) is 10.6. The van der Waals surface area contributed by atoms with Crippen molar-refractivity contribution >= 4 is 23.3 Å². The van der Waals surface area contributed by atoms with Crippen molar-refractivity contribution in [1.82, 2.24) is 0 Å². The van der Waals surface area contributed by atoms with E-state index in [2.05, 4.69) is 6.07 Å². The van der Waals surface area contributed by atoms with Crippen LogP contribution < -0.4 is 4.90 Å². The van der Waals surface area contributed by atoms with Gasteiger partial charge in [0.15, 0.2) is 0 Å². The number of aryl methyl sites for hydroxylation is 2. The molecule has 134 valence electrons. The summed E-state index contributed by atoms with van der Waals surface area (Å²) >= 11 is 0. The Labute approximate surface area is 152 Å². The van der Waals surface area contributed by atoms with E-state index in [1.54, 1.807) is 29.2 Å². The topological polar surface area (TPSA) is 66.8 Å². The Balaban J connectivity index is 2.08. The van der Waals surface area contributed by atoms with Crippen LogP contribution in [0.4, 0.5) is 5.69 Å². The summed E-state index contributed by atoms with van der Waals surface area (Å²) in [6.45, 7) is 4.38. The number of nitrogens with zero attached hydrogens (tertiary/aromatic N) is 1. The lowest BCUT2D eigenvalue weighted by molar-refractivity contribution is -0.137. The van der Waals surface area contributed by atoms with Crippen LogP contribution in [0.25, 0.3) is 5.76 Å². The molecule has 0 unspecified atom stereocenters. The van der Waals surface area contributed by atoms with E-state index in [0.717, 1.165) is 16.7 Å². The van der Waals surface area contributed by atoms with Crippen LogP contribution in [0.5, 0.6) is 0 Å². The first kappa shape index (κ1) is 17.7. The van der Waals surface area contributed by atoms with Crippen molar-refractivity contribution in [3.05, 3.63) is 70.3 Å². The van der Waals surface area contributed by atoms with Crippen LogP contribution in [0.1, 0.15) is 28.7 Å². The predicted octanol–water partition coefficient (Wildman–Crippen LogP) is 3.68. The summed E-state index contributed by atoms with van der Waals surface area (Å²) in [5.74, 6) is -1.16. The van der Waals surface area contributed by atoms with E-state index < -0.39 is 5.97 Å². The fourth-order valence-electron chi connectivity index (χ4n) is 3.34. The number of rotatable bonds is 3. The lowest BCUT2D eigenvalue weighted by Gasteiger charge is -2.23. The van der Waals surface area contributed by atoms with Crippen LogP contribution in [0, 0.1) is 13.8 Å². The molecular formula is C21H21NO4. The second kappa shape index (κ2) is 7.04. The van der Waals surface area contributed by atoms with Gasteiger partial charge in [0.05, 0.1) is 31.3 Å². The number of benzene rings is 2. The van der Waals surface area contributed by atoms with Gasteiger partial charge in [-0.2, -0.15) is 0 Å². The normalized spacial score (nSPS) is 14.1. The molecule has 1 amide bonds. The maximum absolute atomic E-state index is 12.9. The first-order valence-corrected chi connectivity index (χ1v) is 8.38. The minimum Gasteiger partial charge on any atom is -0.507 e. The molecule has 26 heavy (non-hydrogen) atoms. The molecule has 0 fully saturated rings. The van der Waals surface area contributed by atoms with Crippen molar-refractivity contribution in [1.29, 1.82) is 0 Å². The number of anilines is 1. The number of para-hydroxylation sites is 1. The molecule has 0 radical (unpaired) electrons. The lowest BCUT2D eigenvalue weighted by atomic mass is 10.1. The highest BCUT2D eigenvalue weighted by molar-refractivity contribution is 6.09. The maximum Gasteiger partial charge on any atom is 0.338 e. The Kier molecular flexibility index (Phi) is 4.80. The van der Waals surface area contributed by atoms with Gasteiger partial charge in [0, 0.05) is 5.56 Å². The first-order valence-electron chi connectivity index (χ1n) is 8.38. The van der Waals surface area contributed by atoms with E-state index in [0.29, 0.717) is 17.8 Å². The summed E-state index contributed by atoms with van der Waals surface area (Å²) in [5.41, 5.74) is 4.23. The zero-order chi connectivity index (χ0) is 18.8. The summed E-state index contributed by atoms with van der Waals surface area (Å²) < 4.78 is 4.74. The molecule has 2 aromatic rings. The molecule has 0 atom stereocenters. The van der Waals surface area contributed by atoms with E-state index in [1.165, 1.54) is 7.11 Å². The Morgan fingerprint density at radius 2 is 1.81 bits per heavy atom. The van der Waals surface area contributed by atoms with Gasteiger partial charge in [0.2, 0.25) is 5.91 Å². The molecule has 1 N–H and O–H groups in total. The third kappa shape index (κ3) is 3.33. The molecule has 5 nitrogen and oxygen atoms in total. The van der Waals surface area contributed by atoms with Gasteiger partial charge in [-0.25, -0.2) is 4.79 Å². The molecule has 5 heteroatoms. The van der Waals surface area contributed by atoms with Gasteiger partial charge in [0.1, 0.15) is 5.76 Å². The molecule has 3 rings (SSSR count). The van der Waals surface area contributed by atoms with Crippen molar-refractivity contribution in [3.63, 3.8) is 0 Å². The predicted molar refractivity (Wildman–Crippen MR) is 99.7 cm³/mol. The average Bonchev–Trinajstić information content (AvgIpc) is 2.71. The fraction of sp³-hybridized carbons (Fsp3) is 0.238. The molecule has 0 saturated carbocycles. The van der Waals surface area contributed by atoms with E-state index >= 15 is 0 Å². The summed E-state index contributed by atoms with van der Waals surface area (Å²) in [7, 11) is 1.23. The number of aliphatic hydroxyl groups excluding tert-OH is 1. The van der Waals surface area contributed by atoms with E-state index in [9.17, 15) is 14.7 Å². The molecule has 1 aliphatic rings. The van der Waals surface area contributed by atoms with Gasteiger partial charge >= 0.3 is 5.97 Å². The standard InChI is InChI=1S/C21H21NO4/c1-13-8-14(2)10-15(9-13)12-22-18-7-5-4-6-16(18)20(24)17(11-19(22)23)21(25)26-3/h4-10,24H,11-12H2,1-3H3. The Morgan fingerprint density at radius 3 is 2.46 bits per heavy atom. The number of methoxy groups -OCH3 is 1. The van der Waals surface area contributed by atoms with Gasteiger partial charge in [-0.1, -0.05) is 41.5 Å². The Morgan fingerprint density at radius 1 is 1.15 bits per heavy atom. The van der Waals surface area contributed by atoms with Crippen LogP contribution in [0.15, 0.2) is 48.0 Å². The number of esters is 1. The highest BCUT2D eigenvalue weighted by Gasteiger charge is 2.31. The molecule has 0 saturated heterocycles. The average molecular weight is 351 g/mol. The number of aliphatic hydroxyl groups is 1. The molecule has 1 aliphatic heterocycles. The molecule has 0 bridgehead atoms. The summed E-state index contributed by atoms with van der Waals surface area (Å²) in [6.07, 6.45) is -0.210. The minimum absolute atomic E-state index is 0.0205.